The van der Waals surface area contributed by atoms with Gasteiger partial charge in [0.2, 0.25) is 0 Å². The van der Waals surface area contributed by atoms with E-state index in [4.69, 9.17) is 5.11 Å². The van der Waals surface area contributed by atoms with Crippen LogP contribution in [-0.2, 0) is 11.3 Å². The molecule has 6 heteroatoms. The standard InChI is InChI=1S/C16H19N3O2S/c1-11(16(20)21)22-15-12-6-2-3-7-13(12)17-14(18-15)10-19-8-4-5-9-19/h2-3,6-7,11H,4-5,8-10H2,1H3,(H,20,21)/t11-/m0/s1. The Kier molecular flexibility index (Phi) is 4.59. The SMILES string of the molecule is C[C@H](Sc1nc(CN2CCCC2)nc2ccccc12)C(=O)O. The second-order valence-electron chi connectivity index (χ2n) is 5.54. The average Bonchev–Trinajstić information content (AvgIpc) is 3.00. The van der Waals surface area contributed by atoms with Crippen LogP contribution in [-0.4, -0.2) is 44.3 Å². The summed E-state index contributed by atoms with van der Waals surface area (Å²) in [5.41, 5.74) is 0.881. The number of thioether (sulfide) groups is 1. The molecule has 1 aromatic carbocycles. The van der Waals surface area contributed by atoms with Crippen LogP contribution in [0.1, 0.15) is 25.6 Å². The van der Waals surface area contributed by atoms with E-state index >= 15 is 0 Å². The number of hydrogen-bond acceptors (Lipinski definition) is 5. The van der Waals surface area contributed by atoms with Crippen molar-refractivity contribution in [2.45, 2.75) is 36.6 Å². The average molecular weight is 317 g/mol. The highest BCUT2D eigenvalue weighted by Crippen LogP contribution is 2.29. The van der Waals surface area contributed by atoms with Crippen LogP contribution in [0.25, 0.3) is 10.9 Å². The summed E-state index contributed by atoms with van der Waals surface area (Å²) in [6.45, 7) is 4.60. The van der Waals surface area contributed by atoms with E-state index < -0.39 is 11.2 Å². The maximum atomic E-state index is 11.1. The molecule has 3 rings (SSSR count). The number of fused-ring (bicyclic) bond motifs is 1. The number of aliphatic carboxylic acids is 1. The number of para-hydroxylation sites is 1. The van der Waals surface area contributed by atoms with E-state index in [1.54, 1.807) is 6.92 Å². The third-order valence-electron chi connectivity index (χ3n) is 3.81. The first-order valence-electron chi connectivity index (χ1n) is 7.51. The summed E-state index contributed by atoms with van der Waals surface area (Å²) in [5.74, 6) is -0.0468. The molecule has 0 unspecified atom stereocenters. The Bertz CT molecular complexity index is 686. The minimum atomic E-state index is -0.825. The van der Waals surface area contributed by atoms with Gasteiger partial charge in [-0.3, -0.25) is 9.69 Å². The molecule has 2 aromatic rings. The fraction of sp³-hybridized carbons (Fsp3) is 0.438. The molecule has 1 saturated heterocycles. The normalized spacial score (nSPS) is 17.0. The van der Waals surface area contributed by atoms with Crippen molar-refractivity contribution in [2.75, 3.05) is 13.1 Å². The largest absolute Gasteiger partial charge is 0.480 e. The molecule has 1 aliphatic rings. The van der Waals surface area contributed by atoms with Crippen LogP contribution in [0.2, 0.25) is 0 Å². The highest BCUT2D eigenvalue weighted by atomic mass is 32.2. The lowest BCUT2D eigenvalue weighted by molar-refractivity contribution is -0.136. The molecule has 0 bridgehead atoms. The van der Waals surface area contributed by atoms with Gasteiger partial charge in [0.05, 0.1) is 12.1 Å². The summed E-state index contributed by atoms with van der Waals surface area (Å²) in [6, 6.07) is 7.79. The first kappa shape index (κ1) is 15.2. The third kappa shape index (κ3) is 3.39. The predicted octanol–water partition coefficient (Wildman–Crippen LogP) is 2.79. The monoisotopic (exact) mass is 317 g/mol. The van der Waals surface area contributed by atoms with E-state index in [0.717, 1.165) is 41.4 Å². The number of carboxylic acid groups (broad SMARTS) is 1. The number of carbonyl (C=O) groups is 1. The van der Waals surface area contributed by atoms with Gasteiger partial charge < -0.3 is 5.11 Å². The van der Waals surface area contributed by atoms with Crippen molar-refractivity contribution in [2.24, 2.45) is 0 Å². The van der Waals surface area contributed by atoms with E-state index in [0.29, 0.717) is 0 Å². The molecule has 1 N–H and O–H groups in total. The summed E-state index contributed by atoms with van der Waals surface area (Å²) in [6.07, 6.45) is 2.45. The van der Waals surface area contributed by atoms with Gasteiger partial charge in [0, 0.05) is 5.39 Å². The lowest BCUT2D eigenvalue weighted by Crippen LogP contribution is -2.20. The highest BCUT2D eigenvalue weighted by molar-refractivity contribution is 8.00. The number of nitrogens with zero attached hydrogens (tertiary/aromatic N) is 3. The second kappa shape index (κ2) is 6.62. The summed E-state index contributed by atoms with van der Waals surface area (Å²) < 4.78 is 0. The Balaban J connectivity index is 1.94. The molecule has 0 aliphatic carbocycles. The van der Waals surface area contributed by atoms with Crippen molar-refractivity contribution in [1.82, 2.24) is 14.9 Å². The highest BCUT2D eigenvalue weighted by Gasteiger charge is 2.18. The molecule has 0 saturated carbocycles. The molecule has 2 heterocycles. The smallest absolute Gasteiger partial charge is 0.316 e. The number of hydrogen-bond donors (Lipinski definition) is 1. The Morgan fingerprint density at radius 1 is 1.32 bits per heavy atom. The van der Waals surface area contributed by atoms with Crippen LogP contribution in [0.3, 0.4) is 0 Å². The molecular formula is C16H19N3O2S. The van der Waals surface area contributed by atoms with Crippen molar-refractivity contribution in [3.05, 3.63) is 30.1 Å². The van der Waals surface area contributed by atoms with Gasteiger partial charge in [-0.05, 0) is 38.9 Å². The Morgan fingerprint density at radius 3 is 2.77 bits per heavy atom. The van der Waals surface area contributed by atoms with Crippen LogP contribution < -0.4 is 0 Å². The lowest BCUT2D eigenvalue weighted by atomic mass is 10.2. The van der Waals surface area contributed by atoms with Gasteiger partial charge in [-0.2, -0.15) is 0 Å². The fourth-order valence-corrected chi connectivity index (χ4v) is 3.51. The molecule has 1 aromatic heterocycles. The Hall–Kier alpha value is -1.66. The molecule has 1 aliphatic heterocycles. The topological polar surface area (TPSA) is 66.3 Å². The van der Waals surface area contributed by atoms with Crippen molar-refractivity contribution in [3.63, 3.8) is 0 Å². The Labute approximate surface area is 133 Å². The maximum absolute atomic E-state index is 11.1. The third-order valence-corrected chi connectivity index (χ3v) is 4.90. The van der Waals surface area contributed by atoms with Gasteiger partial charge >= 0.3 is 5.97 Å². The van der Waals surface area contributed by atoms with E-state index in [9.17, 15) is 4.79 Å². The number of rotatable bonds is 5. The lowest BCUT2D eigenvalue weighted by Gasteiger charge is -2.15. The zero-order valence-electron chi connectivity index (χ0n) is 12.5. The van der Waals surface area contributed by atoms with Gasteiger partial charge in [0.1, 0.15) is 16.1 Å². The van der Waals surface area contributed by atoms with E-state index in [1.807, 2.05) is 24.3 Å². The fourth-order valence-electron chi connectivity index (χ4n) is 2.61. The van der Waals surface area contributed by atoms with Gasteiger partial charge in [-0.15, -0.1) is 0 Å². The predicted molar refractivity (Wildman–Crippen MR) is 87.0 cm³/mol. The zero-order valence-corrected chi connectivity index (χ0v) is 13.3. The van der Waals surface area contributed by atoms with Crippen molar-refractivity contribution >= 4 is 28.6 Å². The van der Waals surface area contributed by atoms with Crippen molar-refractivity contribution < 1.29 is 9.90 Å². The second-order valence-corrected chi connectivity index (χ2v) is 6.87. The maximum Gasteiger partial charge on any atom is 0.316 e. The summed E-state index contributed by atoms with van der Waals surface area (Å²) >= 11 is 1.28. The van der Waals surface area contributed by atoms with Crippen LogP contribution in [0.5, 0.6) is 0 Å². The molecule has 5 nitrogen and oxygen atoms in total. The van der Waals surface area contributed by atoms with Gasteiger partial charge in [0.25, 0.3) is 0 Å². The molecule has 1 fully saturated rings. The minimum Gasteiger partial charge on any atom is -0.480 e. The summed E-state index contributed by atoms with van der Waals surface area (Å²) in [4.78, 5) is 22.7. The van der Waals surface area contributed by atoms with E-state index in [-0.39, 0.29) is 0 Å². The molecule has 0 radical (unpaired) electrons. The van der Waals surface area contributed by atoms with Crippen LogP contribution in [0, 0.1) is 0 Å². The molecule has 0 spiro atoms. The number of aromatic nitrogens is 2. The summed E-state index contributed by atoms with van der Waals surface area (Å²) in [7, 11) is 0. The Morgan fingerprint density at radius 2 is 2.05 bits per heavy atom. The number of likely N-dealkylation sites (tertiary alicyclic amines) is 1. The van der Waals surface area contributed by atoms with E-state index in [2.05, 4.69) is 14.9 Å². The number of benzene rings is 1. The van der Waals surface area contributed by atoms with Crippen molar-refractivity contribution in [1.29, 1.82) is 0 Å². The quantitative estimate of drug-likeness (QED) is 0.676. The molecule has 116 valence electrons. The van der Waals surface area contributed by atoms with Gasteiger partial charge in [-0.25, -0.2) is 9.97 Å². The molecule has 0 amide bonds. The van der Waals surface area contributed by atoms with E-state index in [1.165, 1.54) is 24.6 Å². The summed E-state index contributed by atoms with van der Waals surface area (Å²) in [5, 5.41) is 10.3. The number of carboxylic acids is 1. The van der Waals surface area contributed by atoms with Crippen molar-refractivity contribution in [3.8, 4) is 0 Å². The molecule has 22 heavy (non-hydrogen) atoms. The first-order chi connectivity index (χ1) is 10.6. The molecular weight excluding hydrogens is 298 g/mol. The first-order valence-corrected chi connectivity index (χ1v) is 8.39. The van der Waals surface area contributed by atoms with Crippen LogP contribution >= 0.6 is 11.8 Å². The van der Waals surface area contributed by atoms with Crippen LogP contribution in [0.4, 0.5) is 0 Å². The van der Waals surface area contributed by atoms with Gasteiger partial charge in [0.15, 0.2) is 0 Å². The van der Waals surface area contributed by atoms with Crippen LogP contribution in [0.15, 0.2) is 29.3 Å². The van der Waals surface area contributed by atoms with Gasteiger partial charge in [-0.1, -0.05) is 30.0 Å². The zero-order chi connectivity index (χ0) is 15.5. The molecule has 1 atom stereocenters. The minimum absolute atomic E-state index is 0.530.